The quantitative estimate of drug-likeness (QED) is 0.0211. The van der Waals surface area contributed by atoms with E-state index in [1.165, 1.54) is 44.9 Å². The Morgan fingerprint density at radius 3 is 0.901 bits per heavy atom. The van der Waals surface area contributed by atoms with Crippen molar-refractivity contribution in [3.8, 4) is 0 Å². The molecule has 0 spiro atoms. The zero-order valence-corrected chi connectivity index (χ0v) is 57.9. The number of ether oxygens (including phenoxy) is 4. The number of hydrogen-bond acceptors (Lipinski definition) is 7. The minimum atomic E-state index is -1.54. The zero-order valence-electron chi connectivity index (χ0n) is 57.9. The Morgan fingerprint density at radius 2 is 0.593 bits per heavy atom. The number of hydrogen-bond donors (Lipinski definition) is 1. The molecule has 0 aliphatic rings. The Kier molecular flexibility index (Phi) is 65.1. The maximum Gasteiger partial charge on any atom is 0.361 e. The van der Waals surface area contributed by atoms with Crippen LogP contribution in [0.15, 0.2) is 207 Å². The highest BCUT2D eigenvalue weighted by Crippen LogP contribution is 2.15. The van der Waals surface area contributed by atoms with E-state index in [9.17, 15) is 19.5 Å². The largest absolute Gasteiger partial charge is 0.477 e. The third-order valence-electron chi connectivity index (χ3n) is 14.0. The first-order valence-corrected chi connectivity index (χ1v) is 35.2. The van der Waals surface area contributed by atoms with Gasteiger partial charge in [0.1, 0.15) is 13.2 Å². The van der Waals surface area contributed by atoms with E-state index in [-0.39, 0.29) is 32.7 Å². The van der Waals surface area contributed by atoms with Crippen molar-refractivity contribution in [2.75, 3.05) is 47.5 Å². The average molecular weight is 1260 g/mol. The number of rotatable bonds is 62. The van der Waals surface area contributed by atoms with Gasteiger partial charge in [-0.15, -0.1) is 0 Å². The minimum Gasteiger partial charge on any atom is -0.477 e. The lowest BCUT2D eigenvalue weighted by molar-refractivity contribution is -0.870. The van der Waals surface area contributed by atoms with Crippen molar-refractivity contribution in [1.82, 2.24) is 0 Å². The van der Waals surface area contributed by atoms with Crippen molar-refractivity contribution in [1.29, 1.82) is 0 Å². The zero-order chi connectivity index (χ0) is 66.1. The van der Waals surface area contributed by atoms with Crippen LogP contribution in [0.3, 0.4) is 0 Å². The number of quaternary nitrogens is 1. The molecule has 0 aromatic heterocycles. The van der Waals surface area contributed by atoms with E-state index >= 15 is 0 Å². The lowest BCUT2D eigenvalue weighted by Gasteiger charge is -2.25. The second-order valence-electron chi connectivity index (χ2n) is 23.7. The number of carbonyl (C=O) groups is 3. The predicted molar refractivity (Wildman–Crippen MR) is 391 cm³/mol. The third kappa shape index (κ3) is 71.2. The second kappa shape index (κ2) is 69.8. The smallest absolute Gasteiger partial charge is 0.361 e. The topological polar surface area (TPSA) is 108 Å². The molecule has 0 heterocycles. The van der Waals surface area contributed by atoms with Gasteiger partial charge in [0.15, 0.2) is 6.10 Å². The Hall–Kier alpha value is -6.13. The number of aliphatic carboxylic acids is 1. The highest BCUT2D eigenvalue weighted by atomic mass is 16.7. The Balaban J connectivity index is 4.25. The maximum atomic E-state index is 12.9. The van der Waals surface area contributed by atoms with Crippen LogP contribution < -0.4 is 0 Å². The van der Waals surface area contributed by atoms with Gasteiger partial charge in [-0.05, 0) is 148 Å². The summed E-state index contributed by atoms with van der Waals surface area (Å²) in [6.45, 7) is 4.57. The fraction of sp³-hybridized carbons (Fsp3) is 0.549. The summed E-state index contributed by atoms with van der Waals surface area (Å²) >= 11 is 0. The van der Waals surface area contributed by atoms with Gasteiger partial charge in [0, 0.05) is 12.8 Å². The lowest BCUT2D eigenvalue weighted by atomic mass is 10.0. The molecular weight excluding hydrogens is 1130 g/mol. The summed E-state index contributed by atoms with van der Waals surface area (Å²) in [6.07, 6.45) is 106. The molecule has 9 heteroatoms. The van der Waals surface area contributed by atoms with Crippen LogP contribution in [0.5, 0.6) is 0 Å². The molecule has 0 amide bonds. The first-order chi connectivity index (χ1) is 44.6. The van der Waals surface area contributed by atoms with Crippen LogP contribution in [0.1, 0.15) is 232 Å². The number of carboxylic acids is 1. The first kappa shape index (κ1) is 84.9. The number of nitrogens with zero attached hydrogens (tertiary/aromatic N) is 1. The third-order valence-corrected chi connectivity index (χ3v) is 14.0. The van der Waals surface area contributed by atoms with E-state index < -0.39 is 30.3 Å². The van der Waals surface area contributed by atoms with E-state index in [1.54, 1.807) is 0 Å². The van der Waals surface area contributed by atoms with Crippen LogP contribution in [0, 0.1) is 0 Å². The van der Waals surface area contributed by atoms with Crippen LogP contribution in [-0.4, -0.2) is 87.4 Å². The Morgan fingerprint density at radius 1 is 0.330 bits per heavy atom. The number of esters is 2. The van der Waals surface area contributed by atoms with E-state index in [2.05, 4.69) is 220 Å². The van der Waals surface area contributed by atoms with Gasteiger partial charge in [-0.25, -0.2) is 4.79 Å². The molecule has 1 N–H and O–H groups in total. The summed E-state index contributed by atoms with van der Waals surface area (Å²) < 4.78 is 22.9. The summed E-state index contributed by atoms with van der Waals surface area (Å²) in [5.74, 6) is -2.09. The summed E-state index contributed by atoms with van der Waals surface area (Å²) in [7, 11) is 5.95. The average Bonchev–Trinajstić information content (AvgIpc) is 3.46. The molecule has 0 saturated heterocycles. The van der Waals surface area contributed by atoms with Gasteiger partial charge in [-0.2, -0.15) is 0 Å². The molecule has 0 saturated carbocycles. The standard InChI is InChI=1S/C82H127NO8/c1-6-8-10-12-14-16-18-20-22-24-26-28-30-32-34-35-36-37-38-39-40-41-42-43-44-45-47-49-51-53-55-57-59-61-63-65-67-69-71-73-80(85)91-78(77-90-82(81(86)87)88-75-74-83(3,4)5)76-89-79(84)72-70-68-66-64-62-60-58-56-54-52-50-48-46-33-31-29-27-25-23-21-19-17-15-13-11-9-7-2/h8-11,14-17,20-23,26-29,32-34,36-37,39-40,42-43,45-47,50,52,56,58,62,64,78,82H,6-7,12-13,18-19,24-25,30-31,35,38,41,44,48-49,51,53-55,57,59-61,63,65-77H2,1-5H3/p+1/b10-8-,11-9-,16-14-,17-15-,22-20-,23-21-,28-26-,29-27-,34-32-,37-36-,40-39-,43-42-,46-33-,47-45-,52-50-,58-56-,64-62-. The number of allylic oxidation sites excluding steroid dienone is 34. The van der Waals surface area contributed by atoms with Crippen LogP contribution >= 0.6 is 0 Å². The molecule has 0 aromatic carbocycles. The number of unbranched alkanes of at least 4 members (excludes halogenated alkanes) is 13. The molecule has 0 fully saturated rings. The molecule has 0 radical (unpaired) electrons. The van der Waals surface area contributed by atoms with Crippen LogP contribution in [0.4, 0.5) is 0 Å². The van der Waals surface area contributed by atoms with Gasteiger partial charge in [0.25, 0.3) is 6.29 Å². The van der Waals surface area contributed by atoms with E-state index in [4.69, 9.17) is 18.9 Å². The van der Waals surface area contributed by atoms with E-state index in [0.29, 0.717) is 23.9 Å². The molecule has 508 valence electrons. The van der Waals surface area contributed by atoms with Crippen molar-refractivity contribution < 1.29 is 42.9 Å². The molecule has 91 heavy (non-hydrogen) atoms. The van der Waals surface area contributed by atoms with Gasteiger partial charge in [0.05, 0.1) is 34.4 Å². The monoisotopic (exact) mass is 1250 g/mol. The number of carbonyl (C=O) groups excluding carboxylic acids is 2. The van der Waals surface area contributed by atoms with E-state index in [0.717, 1.165) is 148 Å². The van der Waals surface area contributed by atoms with E-state index in [1.807, 2.05) is 21.1 Å². The van der Waals surface area contributed by atoms with Crippen molar-refractivity contribution in [2.24, 2.45) is 0 Å². The highest BCUT2D eigenvalue weighted by Gasteiger charge is 2.25. The molecule has 0 aliphatic heterocycles. The van der Waals surface area contributed by atoms with Gasteiger partial charge < -0.3 is 28.5 Å². The molecule has 9 nitrogen and oxygen atoms in total. The fourth-order valence-corrected chi connectivity index (χ4v) is 8.73. The minimum absolute atomic E-state index is 0.168. The van der Waals surface area contributed by atoms with Crippen molar-refractivity contribution in [3.63, 3.8) is 0 Å². The SMILES string of the molecule is CC/C=C\C/C=C\C/C=C\C/C=C\C/C=C\C/C=C\C/C=C\C/C=C\C/C=C\CCCCCCCCCCCCCC(=O)OC(COC(=O)CCCC/C=C\C/C=C\C/C=C\C/C=C\C/C=C\C/C=C\C/C=C\C/C=C\CC)COC(OCC[N+](C)(C)C)C(=O)O. The second-order valence-corrected chi connectivity index (χ2v) is 23.7. The Bertz CT molecular complexity index is 2250. The summed E-state index contributed by atoms with van der Waals surface area (Å²) in [6, 6.07) is 0. The molecular formula is C82H128NO8+. The highest BCUT2D eigenvalue weighted by molar-refractivity contribution is 5.71. The Labute approximate surface area is 556 Å². The summed E-state index contributed by atoms with van der Waals surface area (Å²) in [4.78, 5) is 37.6. The number of likely N-dealkylation sites (N-methyl/N-ethyl adjacent to an activating group) is 1. The molecule has 0 rings (SSSR count). The first-order valence-electron chi connectivity index (χ1n) is 35.2. The van der Waals surface area contributed by atoms with Gasteiger partial charge in [-0.3, -0.25) is 9.59 Å². The lowest BCUT2D eigenvalue weighted by Crippen LogP contribution is -2.40. The van der Waals surface area contributed by atoms with Crippen LogP contribution in [0.25, 0.3) is 0 Å². The van der Waals surface area contributed by atoms with Gasteiger partial charge in [-0.1, -0.05) is 278 Å². The normalized spacial score (nSPS) is 14.0. The maximum absolute atomic E-state index is 12.9. The number of carboxylic acid groups (broad SMARTS) is 1. The van der Waals surface area contributed by atoms with Crippen LogP contribution in [0.2, 0.25) is 0 Å². The predicted octanol–water partition coefficient (Wildman–Crippen LogP) is 22.4. The molecule has 2 atom stereocenters. The summed E-state index contributed by atoms with van der Waals surface area (Å²) in [5, 5.41) is 9.75. The summed E-state index contributed by atoms with van der Waals surface area (Å²) in [5.41, 5.74) is 0. The molecule has 2 unspecified atom stereocenters. The fourth-order valence-electron chi connectivity index (χ4n) is 8.73. The van der Waals surface area contributed by atoms with Crippen LogP contribution in [-0.2, 0) is 33.3 Å². The molecule has 0 aromatic rings. The van der Waals surface area contributed by atoms with Crippen molar-refractivity contribution >= 4 is 17.9 Å². The van der Waals surface area contributed by atoms with Gasteiger partial charge in [0.2, 0.25) is 0 Å². The van der Waals surface area contributed by atoms with Gasteiger partial charge >= 0.3 is 17.9 Å². The molecule has 0 aliphatic carbocycles. The van der Waals surface area contributed by atoms with Crippen molar-refractivity contribution in [2.45, 2.75) is 245 Å². The van der Waals surface area contributed by atoms with Crippen molar-refractivity contribution in [3.05, 3.63) is 207 Å². The molecule has 0 bridgehead atoms.